The Balaban J connectivity index is 0.000000559. The number of alkyl halides is 3. The third-order valence-corrected chi connectivity index (χ3v) is 6.45. The molecule has 0 unspecified atom stereocenters. The minimum Gasteiger partial charge on any atom is -0.542 e. The van der Waals surface area contributed by atoms with Crippen LogP contribution in [0.2, 0.25) is 0 Å². The van der Waals surface area contributed by atoms with E-state index in [1.807, 2.05) is 49.3 Å². The Bertz CT molecular complexity index is 1590. The molecule has 7 nitrogen and oxygen atoms in total. The summed E-state index contributed by atoms with van der Waals surface area (Å²) in [6, 6.07) is 17.5. The molecule has 0 bridgehead atoms. The molecule has 1 N–H and O–H groups in total. The lowest BCUT2D eigenvalue weighted by molar-refractivity contribution is -0.344. The third-order valence-electron chi connectivity index (χ3n) is 6.45. The number of hydrogen-bond acceptors (Lipinski definition) is 5. The van der Waals surface area contributed by atoms with Crippen LogP contribution in [-0.4, -0.2) is 50.9 Å². The number of aryl methyl sites for hydroxylation is 1. The van der Waals surface area contributed by atoms with E-state index in [1.54, 1.807) is 12.1 Å². The van der Waals surface area contributed by atoms with E-state index in [0.717, 1.165) is 63.9 Å². The average Bonchev–Trinajstić information content (AvgIpc) is 2.89. The largest absolute Gasteiger partial charge is 0.542 e. The number of hydrogen-bond donors (Lipinski definition) is 1. The van der Waals surface area contributed by atoms with Crippen molar-refractivity contribution in [3.05, 3.63) is 71.1 Å². The van der Waals surface area contributed by atoms with Crippen molar-refractivity contribution in [2.45, 2.75) is 32.9 Å². The van der Waals surface area contributed by atoms with Gasteiger partial charge in [0.05, 0.1) is 11.6 Å². The van der Waals surface area contributed by atoms with Crippen LogP contribution >= 0.6 is 0 Å². The first-order valence-corrected chi connectivity index (χ1v) is 12.6. The van der Waals surface area contributed by atoms with Crippen molar-refractivity contribution in [3.63, 3.8) is 0 Å². The number of nitrogens with zero attached hydrogens (tertiary/aromatic N) is 2. The van der Waals surface area contributed by atoms with Gasteiger partial charge in [0, 0.05) is 54.3 Å². The van der Waals surface area contributed by atoms with Crippen molar-refractivity contribution >= 4 is 28.6 Å². The van der Waals surface area contributed by atoms with E-state index >= 15 is 0 Å². The number of rotatable bonds is 6. The summed E-state index contributed by atoms with van der Waals surface area (Å²) in [4.78, 5) is 22.9. The van der Waals surface area contributed by atoms with Crippen LogP contribution in [0.5, 0.6) is 0 Å². The highest BCUT2D eigenvalue weighted by molar-refractivity contribution is 6.07. The summed E-state index contributed by atoms with van der Waals surface area (Å²) in [5.41, 5.74) is 5.67. The van der Waals surface area contributed by atoms with Crippen LogP contribution in [0.4, 0.5) is 18.9 Å². The van der Waals surface area contributed by atoms with E-state index < -0.39 is 18.1 Å². The van der Waals surface area contributed by atoms with Crippen molar-refractivity contribution in [1.29, 1.82) is 0 Å². The first-order chi connectivity index (χ1) is 18.8. The van der Waals surface area contributed by atoms with E-state index in [2.05, 4.69) is 37.6 Å². The van der Waals surface area contributed by atoms with Gasteiger partial charge in [-0.3, -0.25) is 0 Å². The topological polar surface area (TPSA) is 96.8 Å². The van der Waals surface area contributed by atoms with Crippen LogP contribution < -0.4 is 19.9 Å². The van der Waals surface area contributed by atoms with Crippen LogP contribution in [0.1, 0.15) is 35.7 Å². The highest BCUT2D eigenvalue weighted by atomic mass is 19.4. The maximum Gasteiger partial charge on any atom is 0.430 e. The summed E-state index contributed by atoms with van der Waals surface area (Å²) in [6.45, 7) is 5.26. The van der Waals surface area contributed by atoms with E-state index in [-0.39, 0.29) is 5.56 Å². The van der Waals surface area contributed by atoms with Crippen molar-refractivity contribution in [2.24, 2.45) is 0 Å². The second kappa shape index (κ2) is 12.2. The van der Waals surface area contributed by atoms with Gasteiger partial charge in [-0.05, 0) is 36.8 Å². The molecule has 0 aromatic heterocycles. The number of carbonyl (C=O) groups excluding carboxylic acids is 1. The molecule has 212 valence electrons. The Hall–Kier alpha value is -4.34. The van der Waals surface area contributed by atoms with Crippen molar-refractivity contribution in [3.8, 4) is 22.5 Å². The van der Waals surface area contributed by atoms with Gasteiger partial charge in [-0.1, -0.05) is 31.5 Å². The SMILES string of the molecule is CCCC[N+](C)=c1cc2oc3cc(N(C)C)ccc3c(-c3ccccc3C(=O)O)c-2cc1C.O=C([O-])C(F)(F)F. The molecule has 1 heterocycles. The van der Waals surface area contributed by atoms with Gasteiger partial charge < -0.3 is 24.3 Å². The van der Waals surface area contributed by atoms with Crippen LogP contribution in [0.3, 0.4) is 0 Å². The molecule has 2 aromatic carbocycles. The lowest BCUT2D eigenvalue weighted by Crippen LogP contribution is -2.37. The minimum absolute atomic E-state index is 0.282. The van der Waals surface area contributed by atoms with E-state index in [1.165, 1.54) is 0 Å². The molecule has 1 aliphatic carbocycles. The number of unbranched alkanes of at least 4 members (excludes halogenated alkanes) is 1. The Morgan fingerprint density at radius 2 is 1.70 bits per heavy atom. The molecule has 0 amide bonds. The molecule has 0 saturated carbocycles. The molecule has 40 heavy (non-hydrogen) atoms. The summed E-state index contributed by atoms with van der Waals surface area (Å²) in [6.07, 6.45) is -2.94. The van der Waals surface area contributed by atoms with E-state index in [4.69, 9.17) is 14.3 Å². The van der Waals surface area contributed by atoms with E-state index in [9.17, 15) is 23.1 Å². The highest BCUT2D eigenvalue weighted by Crippen LogP contribution is 2.42. The number of halogens is 3. The third kappa shape index (κ3) is 6.62. The van der Waals surface area contributed by atoms with Crippen molar-refractivity contribution < 1.29 is 37.4 Å². The van der Waals surface area contributed by atoms with Crippen LogP contribution in [0.15, 0.2) is 59.0 Å². The zero-order valence-corrected chi connectivity index (χ0v) is 22.9. The summed E-state index contributed by atoms with van der Waals surface area (Å²) in [5, 5.41) is 20.7. The second-order valence-electron chi connectivity index (χ2n) is 9.60. The van der Waals surface area contributed by atoms with Crippen molar-refractivity contribution in [2.75, 3.05) is 32.6 Å². The number of aliphatic carboxylic acids is 1. The molecule has 0 saturated heterocycles. The Kier molecular flexibility index (Phi) is 9.24. The predicted octanol–water partition coefficient (Wildman–Crippen LogP) is 4.78. The lowest BCUT2D eigenvalue weighted by atomic mass is 9.90. The first-order valence-electron chi connectivity index (χ1n) is 12.6. The second-order valence-corrected chi connectivity index (χ2v) is 9.60. The summed E-state index contributed by atoms with van der Waals surface area (Å²) < 4.78 is 40.3. The number of carbonyl (C=O) groups is 2. The number of carboxylic acid groups (broad SMARTS) is 2. The number of anilines is 1. The fraction of sp³-hybridized carbons (Fsp3) is 0.300. The quantitative estimate of drug-likeness (QED) is 0.271. The van der Waals surface area contributed by atoms with Gasteiger partial charge in [-0.15, -0.1) is 0 Å². The normalized spacial score (nSPS) is 12.1. The van der Waals surface area contributed by atoms with Gasteiger partial charge in [-0.2, -0.15) is 13.2 Å². The number of fused-ring (bicyclic) bond motifs is 2. The van der Waals surface area contributed by atoms with Crippen LogP contribution in [0, 0.1) is 6.92 Å². The highest BCUT2D eigenvalue weighted by Gasteiger charge is 2.29. The minimum atomic E-state index is -5.19. The van der Waals surface area contributed by atoms with Gasteiger partial charge in [0.15, 0.2) is 0 Å². The monoisotopic (exact) mass is 556 g/mol. The zero-order chi connectivity index (χ0) is 29.8. The average molecular weight is 557 g/mol. The molecular formula is C30H31F3N2O5. The smallest absolute Gasteiger partial charge is 0.430 e. The summed E-state index contributed by atoms with van der Waals surface area (Å²) in [7, 11) is 6.09. The van der Waals surface area contributed by atoms with Crippen molar-refractivity contribution in [1.82, 2.24) is 4.58 Å². The maximum absolute atomic E-state index is 12.1. The van der Waals surface area contributed by atoms with Crippen LogP contribution in [0.25, 0.3) is 33.4 Å². The Labute approximate surface area is 229 Å². The maximum atomic E-state index is 12.1. The molecule has 1 aliphatic heterocycles. The van der Waals surface area contributed by atoms with Gasteiger partial charge in [0.2, 0.25) is 5.36 Å². The molecule has 4 rings (SSSR count). The fourth-order valence-corrected chi connectivity index (χ4v) is 4.41. The molecule has 2 aromatic rings. The predicted molar refractivity (Wildman–Crippen MR) is 146 cm³/mol. The zero-order valence-electron chi connectivity index (χ0n) is 22.9. The first kappa shape index (κ1) is 30.2. The number of benzene rings is 3. The van der Waals surface area contributed by atoms with Gasteiger partial charge in [0.1, 0.15) is 30.9 Å². The molecule has 0 fully saturated rings. The molecule has 10 heteroatoms. The van der Waals surface area contributed by atoms with Crippen LogP contribution in [-0.2, 0) is 4.79 Å². The Morgan fingerprint density at radius 1 is 1.05 bits per heavy atom. The standard InChI is InChI=1S/C28H30N2O3.C2HF3O2/c1-6-7-14-30(5)24-17-26-23(15-18(24)2)27(20-10-8-9-11-21(20)28(31)32)22-13-12-19(29(3)4)16-25(22)33-26;3-2(4,5)1(6)7/h8-13,15-17H,6-7,14H2,1-5H3;(H,6,7). The summed E-state index contributed by atoms with van der Waals surface area (Å²) >= 11 is 0. The molecular weight excluding hydrogens is 525 g/mol. The Morgan fingerprint density at radius 3 is 2.27 bits per heavy atom. The molecule has 0 radical (unpaired) electrons. The number of aromatic carboxylic acids is 1. The van der Waals surface area contributed by atoms with E-state index in [0.29, 0.717) is 5.56 Å². The molecule has 0 atom stereocenters. The fourth-order valence-electron chi connectivity index (χ4n) is 4.41. The lowest BCUT2D eigenvalue weighted by Gasteiger charge is -2.19. The van der Waals surface area contributed by atoms with Gasteiger partial charge in [0.25, 0.3) is 0 Å². The van der Waals surface area contributed by atoms with Gasteiger partial charge in [-0.25, -0.2) is 9.37 Å². The molecule has 0 spiro atoms. The summed E-state index contributed by atoms with van der Waals surface area (Å²) in [5.74, 6) is -3.20. The van der Waals surface area contributed by atoms with Gasteiger partial charge >= 0.3 is 12.1 Å². The molecule has 2 aliphatic rings. The number of carboxylic acids is 2.